The average molecular weight is 296 g/mol. The van der Waals surface area contributed by atoms with Crippen LogP contribution in [0.1, 0.15) is 43.2 Å². The fourth-order valence-electron chi connectivity index (χ4n) is 3.57. The molecule has 1 aromatic heterocycles. The summed E-state index contributed by atoms with van der Waals surface area (Å²) in [7, 11) is 0. The molecule has 0 amide bonds. The number of pyridine rings is 1. The van der Waals surface area contributed by atoms with Gasteiger partial charge in [-0.2, -0.15) is 0 Å². The van der Waals surface area contributed by atoms with Crippen molar-refractivity contribution in [1.82, 2.24) is 4.98 Å². The van der Waals surface area contributed by atoms with Gasteiger partial charge in [-0.15, -0.1) is 0 Å². The Kier molecular flexibility index (Phi) is 4.74. The highest BCUT2D eigenvalue weighted by Crippen LogP contribution is 2.39. The lowest BCUT2D eigenvalue weighted by Crippen LogP contribution is -2.36. The Hall–Kier alpha value is -1.87. The van der Waals surface area contributed by atoms with Crippen LogP contribution in [0.25, 0.3) is 0 Å². The zero-order valence-corrected chi connectivity index (χ0v) is 13.0. The van der Waals surface area contributed by atoms with Gasteiger partial charge in [-0.1, -0.05) is 55.7 Å². The molecule has 3 rings (SSSR count). The van der Waals surface area contributed by atoms with Crippen LogP contribution >= 0.6 is 0 Å². The third kappa shape index (κ3) is 3.14. The van der Waals surface area contributed by atoms with Crippen LogP contribution in [0, 0.1) is 0 Å². The van der Waals surface area contributed by atoms with Crippen LogP contribution < -0.4 is 5.32 Å². The predicted octanol–water partition coefficient (Wildman–Crippen LogP) is 3.89. The van der Waals surface area contributed by atoms with E-state index in [0.29, 0.717) is 0 Å². The van der Waals surface area contributed by atoms with Crippen LogP contribution in [-0.2, 0) is 12.0 Å². The van der Waals surface area contributed by atoms with Gasteiger partial charge in [-0.3, -0.25) is 0 Å². The monoisotopic (exact) mass is 296 g/mol. The number of hydrogen-bond acceptors (Lipinski definition) is 3. The summed E-state index contributed by atoms with van der Waals surface area (Å²) < 4.78 is 0. The van der Waals surface area contributed by atoms with Crippen LogP contribution in [0.15, 0.2) is 48.7 Å². The molecule has 1 fully saturated rings. The molecule has 1 aliphatic rings. The van der Waals surface area contributed by atoms with E-state index in [9.17, 15) is 5.11 Å². The second-order valence-corrected chi connectivity index (χ2v) is 6.23. The number of rotatable bonds is 5. The highest BCUT2D eigenvalue weighted by molar-refractivity contribution is 5.44. The summed E-state index contributed by atoms with van der Waals surface area (Å²) in [5.74, 6) is 0.811. The highest BCUT2D eigenvalue weighted by Gasteiger charge is 2.33. The molecule has 0 radical (unpaired) electrons. The summed E-state index contributed by atoms with van der Waals surface area (Å²) in [6.07, 6.45) is 8.10. The molecule has 0 unspecified atom stereocenters. The summed E-state index contributed by atoms with van der Waals surface area (Å²) >= 11 is 0. The van der Waals surface area contributed by atoms with Crippen molar-refractivity contribution < 1.29 is 5.11 Å². The van der Waals surface area contributed by atoms with Crippen molar-refractivity contribution >= 4 is 5.82 Å². The van der Waals surface area contributed by atoms with E-state index in [4.69, 9.17) is 0 Å². The van der Waals surface area contributed by atoms with Gasteiger partial charge in [0.15, 0.2) is 0 Å². The number of aliphatic hydroxyl groups is 1. The van der Waals surface area contributed by atoms with E-state index < -0.39 is 0 Å². The van der Waals surface area contributed by atoms with Gasteiger partial charge in [-0.25, -0.2) is 4.98 Å². The number of aromatic nitrogens is 1. The van der Waals surface area contributed by atoms with E-state index in [0.717, 1.165) is 17.9 Å². The molecule has 0 aliphatic heterocycles. The zero-order chi connectivity index (χ0) is 15.3. The Labute approximate surface area is 132 Å². The first-order valence-electron chi connectivity index (χ1n) is 8.18. The Balaban J connectivity index is 1.82. The second kappa shape index (κ2) is 6.93. The van der Waals surface area contributed by atoms with E-state index in [1.54, 1.807) is 6.20 Å². The Morgan fingerprint density at radius 3 is 2.50 bits per heavy atom. The minimum absolute atomic E-state index is 0.0223. The lowest BCUT2D eigenvalue weighted by atomic mass is 9.69. The topological polar surface area (TPSA) is 45.2 Å². The smallest absolute Gasteiger partial charge is 0.131 e. The fraction of sp³-hybridized carbons (Fsp3) is 0.421. The standard InChI is InChI=1S/C19H24N2O/c22-14-16-8-7-13-20-18(16)21-15-19(11-5-2-6-12-19)17-9-3-1-4-10-17/h1,3-4,7-10,13,22H,2,5-6,11-12,14-15H2,(H,20,21). The van der Waals surface area contributed by atoms with Crippen molar-refractivity contribution in [3.63, 3.8) is 0 Å². The molecular weight excluding hydrogens is 272 g/mol. The maximum absolute atomic E-state index is 9.46. The van der Waals surface area contributed by atoms with Crippen LogP contribution in [0.2, 0.25) is 0 Å². The van der Waals surface area contributed by atoms with Crippen LogP contribution in [0.3, 0.4) is 0 Å². The number of anilines is 1. The van der Waals surface area contributed by atoms with E-state index in [2.05, 4.69) is 40.6 Å². The minimum Gasteiger partial charge on any atom is -0.392 e. The number of benzene rings is 1. The molecule has 0 bridgehead atoms. The molecule has 1 aliphatic carbocycles. The van der Waals surface area contributed by atoms with Gasteiger partial charge in [0, 0.05) is 23.7 Å². The van der Waals surface area contributed by atoms with Crippen molar-refractivity contribution in [2.45, 2.75) is 44.1 Å². The second-order valence-electron chi connectivity index (χ2n) is 6.23. The average Bonchev–Trinajstić information content (AvgIpc) is 2.62. The molecule has 0 saturated heterocycles. The largest absolute Gasteiger partial charge is 0.392 e. The minimum atomic E-state index is 0.0223. The number of nitrogens with zero attached hydrogens (tertiary/aromatic N) is 1. The molecule has 0 spiro atoms. The maximum atomic E-state index is 9.46. The Bertz CT molecular complexity index is 591. The van der Waals surface area contributed by atoms with E-state index in [1.807, 2.05) is 12.1 Å². The van der Waals surface area contributed by atoms with Gasteiger partial charge >= 0.3 is 0 Å². The molecule has 1 saturated carbocycles. The van der Waals surface area contributed by atoms with Gasteiger partial charge in [0.1, 0.15) is 5.82 Å². The lowest BCUT2D eigenvalue weighted by molar-refractivity contribution is 0.281. The molecule has 3 nitrogen and oxygen atoms in total. The van der Waals surface area contributed by atoms with E-state index in [-0.39, 0.29) is 12.0 Å². The number of aliphatic hydroxyl groups excluding tert-OH is 1. The number of nitrogens with one attached hydrogen (secondary N) is 1. The first-order valence-corrected chi connectivity index (χ1v) is 8.18. The summed E-state index contributed by atoms with van der Waals surface area (Å²) in [5.41, 5.74) is 2.47. The molecule has 2 aromatic rings. The van der Waals surface area contributed by atoms with Crippen molar-refractivity contribution in [2.24, 2.45) is 0 Å². The third-order valence-electron chi connectivity index (χ3n) is 4.85. The van der Waals surface area contributed by atoms with Crippen molar-refractivity contribution in [3.05, 3.63) is 59.8 Å². The van der Waals surface area contributed by atoms with Crippen LogP contribution in [0.5, 0.6) is 0 Å². The molecule has 116 valence electrons. The van der Waals surface area contributed by atoms with Gasteiger partial charge in [0.05, 0.1) is 6.61 Å². The fourth-order valence-corrected chi connectivity index (χ4v) is 3.57. The Morgan fingerprint density at radius 1 is 1.00 bits per heavy atom. The third-order valence-corrected chi connectivity index (χ3v) is 4.85. The molecule has 0 atom stereocenters. The lowest BCUT2D eigenvalue weighted by Gasteiger charge is -2.38. The summed E-state index contributed by atoms with van der Waals surface area (Å²) in [4.78, 5) is 4.39. The van der Waals surface area contributed by atoms with E-state index in [1.165, 1.54) is 37.7 Å². The maximum Gasteiger partial charge on any atom is 0.131 e. The number of hydrogen-bond donors (Lipinski definition) is 2. The van der Waals surface area contributed by atoms with Crippen LogP contribution in [-0.4, -0.2) is 16.6 Å². The normalized spacial score (nSPS) is 17.1. The molecular formula is C19H24N2O. The first-order chi connectivity index (χ1) is 10.8. The van der Waals surface area contributed by atoms with Crippen LogP contribution in [0.4, 0.5) is 5.82 Å². The Morgan fingerprint density at radius 2 is 1.77 bits per heavy atom. The van der Waals surface area contributed by atoms with Crippen molar-refractivity contribution in [1.29, 1.82) is 0 Å². The molecule has 22 heavy (non-hydrogen) atoms. The van der Waals surface area contributed by atoms with Crippen molar-refractivity contribution in [3.8, 4) is 0 Å². The first kappa shape index (κ1) is 15.0. The van der Waals surface area contributed by atoms with E-state index >= 15 is 0 Å². The van der Waals surface area contributed by atoms with Gasteiger partial charge < -0.3 is 10.4 Å². The summed E-state index contributed by atoms with van der Waals surface area (Å²) in [5, 5.41) is 13.0. The quantitative estimate of drug-likeness (QED) is 0.880. The molecule has 2 N–H and O–H groups in total. The predicted molar refractivity (Wildman–Crippen MR) is 89.9 cm³/mol. The van der Waals surface area contributed by atoms with Gasteiger partial charge in [0.2, 0.25) is 0 Å². The summed E-state index contributed by atoms with van der Waals surface area (Å²) in [6, 6.07) is 14.6. The summed E-state index contributed by atoms with van der Waals surface area (Å²) in [6.45, 7) is 0.898. The SMILES string of the molecule is OCc1cccnc1NCC1(c2ccccc2)CCCCC1. The van der Waals surface area contributed by atoms with Gasteiger partial charge in [-0.05, 0) is 24.5 Å². The zero-order valence-electron chi connectivity index (χ0n) is 13.0. The van der Waals surface area contributed by atoms with Crippen molar-refractivity contribution in [2.75, 3.05) is 11.9 Å². The molecule has 1 heterocycles. The molecule has 1 aromatic carbocycles. The molecule has 3 heteroatoms. The highest BCUT2D eigenvalue weighted by atomic mass is 16.3. The van der Waals surface area contributed by atoms with Gasteiger partial charge in [0.25, 0.3) is 0 Å².